The number of carbonyl (C=O) groups excluding carboxylic acids is 1. The normalized spacial score (nSPS) is 16.9. The molecular formula is C7H14O2. The molecule has 1 N–H and O–H groups in total. The molecule has 2 nitrogen and oxygen atoms in total. The Kier molecular flexibility index (Phi) is 2.85. The van der Waals surface area contributed by atoms with E-state index in [1.165, 1.54) is 6.92 Å². The SMILES string of the molecule is CCCC(C)(O)C(C)=O. The molecule has 9 heavy (non-hydrogen) atoms. The summed E-state index contributed by atoms with van der Waals surface area (Å²) in [6, 6.07) is 0. The molecule has 0 aliphatic rings. The van der Waals surface area contributed by atoms with Gasteiger partial charge in [-0.25, -0.2) is 0 Å². The molecule has 0 heterocycles. The number of ketones is 1. The smallest absolute Gasteiger partial charge is 0.160 e. The summed E-state index contributed by atoms with van der Waals surface area (Å²) in [6.45, 7) is 4.91. The lowest BCUT2D eigenvalue weighted by Crippen LogP contribution is -2.32. The van der Waals surface area contributed by atoms with Crippen molar-refractivity contribution in [2.75, 3.05) is 0 Å². The van der Waals surface area contributed by atoms with Gasteiger partial charge in [0, 0.05) is 0 Å². The van der Waals surface area contributed by atoms with Crippen molar-refractivity contribution in [1.82, 2.24) is 0 Å². The molecule has 2 heteroatoms. The van der Waals surface area contributed by atoms with Crippen LogP contribution in [0.25, 0.3) is 0 Å². The first-order chi connectivity index (χ1) is 4.00. The molecule has 54 valence electrons. The number of carbonyl (C=O) groups is 1. The lowest BCUT2D eigenvalue weighted by molar-refractivity contribution is -0.133. The zero-order chi connectivity index (χ0) is 7.49. The van der Waals surface area contributed by atoms with Crippen LogP contribution in [-0.2, 0) is 4.79 Å². The van der Waals surface area contributed by atoms with Crippen LogP contribution >= 0.6 is 0 Å². The van der Waals surface area contributed by atoms with Crippen LogP contribution in [0.15, 0.2) is 0 Å². The zero-order valence-corrected chi connectivity index (χ0v) is 6.27. The van der Waals surface area contributed by atoms with E-state index in [4.69, 9.17) is 0 Å². The van der Waals surface area contributed by atoms with E-state index in [-0.39, 0.29) is 5.78 Å². The predicted octanol–water partition coefficient (Wildman–Crippen LogP) is 1.13. The highest BCUT2D eigenvalue weighted by molar-refractivity contribution is 5.83. The fourth-order valence-corrected chi connectivity index (χ4v) is 0.663. The summed E-state index contributed by atoms with van der Waals surface area (Å²) in [5.74, 6) is -0.149. The van der Waals surface area contributed by atoms with Crippen LogP contribution in [0.3, 0.4) is 0 Å². The highest BCUT2D eigenvalue weighted by Gasteiger charge is 2.24. The monoisotopic (exact) mass is 130 g/mol. The third-order valence-electron chi connectivity index (χ3n) is 1.50. The molecule has 0 aromatic carbocycles. The van der Waals surface area contributed by atoms with Gasteiger partial charge in [0.1, 0.15) is 5.60 Å². The summed E-state index contributed by atoms with van der Waals surface area (Å²) in [7, 11) is 0. The third-order valence-corrected chi connectivity index (χ3v) is 1.50. The fourth-order valence-electron chi connectivity index (χ4n) is 0.663. The van der Waals surface area contributed by atoms with Crippen molar-refractivity contribution in [3.63, 3.8) is 0 Å². The van der Waals surface area contributed by atoms with Crippen molar-refractivity contribution in [3.05, 3.63) is 0 Å². The van der Waals surface area contributed by atoms with E-state index in [1.54, 1.807) is 6.92 Å². The van der Waals surface area contributed by atoms with E-state index < -0.39 is 5.60 Å². The standard InChI is InChI=1S/C7H14O2/c1-4-5-7(3,9)6(2)8/h9H,4-5H2,1-3H3. The van der Waals surface area contributed by atoms with Gasteiger partial charge in [0.05, 0.1) is 0 Å². The summed E-state index contributed by atoms with van der Waals surface area (Å²) in [5, 5.41) is 9.24. The summed E-state index contributed by atoms with van der Waals surface area (Å²) in [6.07, 6.45) is 1.40. The molecule has 0 aliphatic heterocycles. The van der Waals surface area contributed by atoms with Crippen LogP contribution in [0.4, 0.5) is 0 Å². The van der Waals surface area contributed by atoms with Gasteiger partial charge in [-0.1, -0.05) is 13.3 Å². The van der Waals surface area contributed by atoms with Gasteiger partial charge >= 0.3 is 0 Å². The zero-order valence-electron chi connectivity index (χ0n) is 6.27. The average Bonchev–Trinajstić information content (AvgIpc) is 1.65. The molecule has 0 fully saturated rings. The first kappa shape index (κ1) is 8.63. The Labute approximate surface area is 55.9 Å². The molecule has 1 unspecified atom stereocenters. The molecule has 0 amide bonds. The number of hydrogen-bond acceptors (Lipinski definition) is 2. The summed E-state index contributed by atoms with van der Waals surface area (Å²) in [5.41, 5.74) is -1.09. The Morgan fingerprint density at radius 2 is 2.11 bits per heavy atom. The van der Waals surface area contributed by atoms with Gasteiger partial charge in [0.15, 0.2) is 5.78 Å². The van der Waals surface area contributed by atoms with Crippen molar-refractivity contribution >= 4 is 5.78 Å². The van der Waals surface area contributed by atoms with Crippen LogP contribution in [-0.4, -0.2) is 16.5 Å². The molecule has 0 aliphatic carbocycles. The van der Waals surface area contributed by atoms with E-state index in [0.29, 0.717) is 6.42 Å². The maximum atomic E-state index is 10.6. The second-order valence-corrected chi connectivity index (χ2v) is 2.58. The Morgan fingerprint density at radius 1 is 1.67 bits per heavy atom. The van der Waals surface area contributed by atoms with Crippen LogP contribution < -0.4 is 0 Å². The quantitative estimate of drug-likeness (QED) is 0.621. The summed E-state index contributed by atoms with van der Waals surface area (Å²) in [4.78, 5) is 10.6. The molecule has 0 rings (SSSR count). The topological polar surface area (TPSA) is 37.3 Å². The molecule has 1 atom stereocenters. The van der Waals surface area contributed by atoms with Crippen LogP contribution in [0, 0.1) is 0 Å². The molecule has 0 saturated heterocycles. The van der Waals surface area contributed by atoms with Crippen molar-refractivity contribution in [3.8, 4) is 0 Å². The van der Waals surface area contributed by atoms with Gasteiger partial charge in [-0.05, 0) is 20.3 Å². The molecule has 0 aromatic rings. The predicted molar refractivity (Wildman–Crippen MR) is 36.2 cm³/mol. The van der Waals surface area contributed by atoms with Crippen molar-refractivity contribution < 1.29 is 9.90 Å². The lowest BCUT2D eigenvalue weighted by Gasteiger charge is -2.17. The Hall–Kier alpha value is -0.370. The van der Waals surface area contributed by atoms with E-state index in [2.05, 4.69) is 0 Å². The summed E-state index contributed by atoms with van der Waals surface area (Å²) < 4.78 is 0. The van der Waals surface area contributed by atoms with Gasteiger partial charge in [-0.15, -0.1) is 0 Å². The largest absolute Gasteiger partial charge is 0.382 e. The first-order valence-corrected chi connectivity index (χ1v) is 3.24. The Balaban J connectivity index is 3.85. The van der Waals surface area contributed by atoms with E-state index in [9.17, 15) is 9.90 Å². The van der Waals surface area contributed by atoms with Crippen LogP contribution in [0.1, 0.15) is 33.6 Å². The second kappa shape index (κ2) is 2.97. The first-order valence-electron chi connectivity index (χ1n) is 3.24. The number of Topliss-reactive ketones (excluding diaryl/α,β-unsaturated/α-hetero) is 1. The maximum Gasteiger partial charge on any atom is 0.160 e. The number of rotatable bonds is 3. The number of aliphatic hydroxyl groups is 1. The third kappa shape index (κ3) is 2.61. The van der Waals surface area contributed by atoms with Gasteiger partial charge in [-0.2, -0.15) is 0 Å². The minimum atomic E-state index is -1.09. The lowest BCUT2D eigenvalue weighted by atomic mass is 9.97. The maximum absolute atomic E-state index is 10.6. The molecule has 0 spiro atoms. The highest BCUT2D eigenvalue weighted by Crippen LogP contribution is 2.11. The van der Waals surface area contributed by atoms with E-state index in [0.717, 1.165) is 6.42 Å². The van der Waals surface area contributed by atoms with Crippen molar-refractivity contribution in [2.24, 2.45) is 0 Å². The minimum absolute atomic E-state index is 0.149. The Morgan fingerprint density at radius 3 is 2.22 bits per heavy atom. The fraction of sp³-hybridized carbons (Fsp3) is 0.857. The van der Waals surface area contributed by atoms with Gasteiger partial charge in [0.2, 0.25) is 0 Å². The van der Waals surface area contributed by atoms with Gasteiger partial charge < -0.3 is 5.11 Å². The molecular weight excluding hydrogens is 116 g/mol. The summed E-state index contributed by atoms with van der Waals surface area (Å²) >= 11 is 0. The van der Waals surface area contributed by atoms with Crippen molar-refractivity contribution in [1.29, 1.82) is 0 Å². The second-order valence-electron chi connectivity index (χ2n) is 2.58. The Bertz CT molecular complexity index is 105. The average molecular weight is 130 g/mol. The van der Waals surface area contributed by atoms with E-state index >= 15 is 0 Å². The molecule has 0 radical (unpaired) electrons. The van der Waals surface area contributed by atoms with Gasteiger partial charge in [0.25, 0.3) is 0 Å². The van der Waals surface area contributed by atoms with Crippen LogP contribution in [0.5, 0.6) is 0 Å². The number of hydrogen-bond donors (Lipinski definition) is 1. The molecule has 0 aromatic heterocycles. The molecule has 0 saturated carbocycles. The van der Waals surface area contributed by atoms with E-state index in [1.807, 2.05) is 6.92 Å². The van der Waals surface area contributed by atoms with Crippen LogP contribution in [0.2, 0.25) is 0 Å². The van der Waals surface area contributed by atoms with Gasteiger partial charge in [-0.3, -0.25) is 4.79 Å². The molecule has 0 bridgehead atoms. The highest BCUT2D eigenvalue weighted by atomic mass is 16.3. The minimum Gasteiger partial charge on any atom is -0.382 e. The van der Waals surface area contributed by atoms with Crippen molar-refractivity contribution in [2.45, 2.75) is 39.2 Å².